The monoisotopic (exact) mass is 553 g/mol. The minimum atomic E-state index is -1.78. The first-order valence-corrected chi connectivity index (χ1v) is 13.4. The van der Waals surface area contributed by atoms with Gasteiger partial charge in [0.05, 0.1) is 18.2 Å². The molecule has 1 N–H and O–H groups in total. The molecule has 4 aromatic rings. The van der Waals surface area contributed by atoms with Gasteiger partial charge in [-0.3, -0.25) is 29.0 Å². The fourth-order valence-electron chi connectivity index (χ4n) is 6.46. The highest BCUT2D eigenvalue weighted by molar-refractivity contribution is 6.31. The van der Waals surface area contributed by atoms with Gasteiger partial charge in [0.15, 0.2) is 5.41 Å². The van der Waals surface area contributed by atoms with E-state index in [0.29, 0.717) is 35.0 Å². The molecule has 5 heterocycles. The van der Waals surface area contributed by atoms with E-state index in [1.807, 2.05) is 42.2 Å². The van der Waals surface area contributed by atoms with E-state index in [4.69, 9.17) is 16.6 Å². The number of amides is 4. The van der Waals surface area contributed by atoms with Crippen LogP contribution < -0.4 is 15.8 Å². The number of benzene rings is 2. The van der Waals surface area contributed by atoms with Gasteiger partial charge < -0.3 is 4.90 Å². The average Bonchev–Trinajstić information content (AvgIpc) is 2.95. The van der Waals surface area contributed by atoms with Gasteiger partial charge in [0, 0.05) is 24.2 Å². The molecule has 2 aromatic heterocycles. The van der Waals surface area contributed by atoms with Crippen molar-refractivity contribution in [1.29, 1.82) is 0 Å². The first-order valence-electron chi connectivity index (χ1n) is 13.1. The van der Waals surface area contributed by atoms with Crippen molar-refractivity contribution in [3.63, 3.8) is 0 Å². The van der Waals surface area contributed by atoms with E-state index < -0.39 is 29.3 Å². The smallest absolute Gasteiger partial charge is 0.331 e. The van der Waals surface area contributed by atoms with Gasteiger partial charge in [0.2, 0.25) is 11.8 Å². The minimum Gasteiger partial charge on any atom is -0.347 e. The van der Waals surface area contributed by atoms with Gasteiger partial charge in [-0.2, -0.15) is 0 Å². The Kier molecular flexibility index (Phi) is 5.37. The minimum absolute atomic E-state index is 0.116. The highest BCUT2D eigenvalue weighted by atomic mass is 35.5. The fourth-order valence-corrected chi connectivity index (χ4v) is 6.66. The van der Waals surface area contributed by atoms with E-state index in [9.17, 15) is 19.2 Å². The lowest BCUT2D eigenvalue weighted by Crippen LogP contribution is -2.70. The predicted octanol–water partition coefficient (Wildman–Crippen LogP) is 3.58. The fraction of sp³-hybridized carbons (Fsp3) is 0.233. The number of aromatic nitrogens is 2. The Balaban J connectivity index is 1.48. The molecule has 200 valence electrons. The van der Waals surface area contributed by atoms with E-state index >= 15 is 0 Å². The standard InChI is InChI=1S/C30H24ClN5O4/c1-17-7-6-13-35-24(17)32-25-21(26(35)37)15-30(23-20-10-4-2-8-18(20)12-14-34(23)25)27(38)33-29(40)36(28(30)39)16-19-9-3-5-11-22(19)31/h2-11,13,23H,12,14-16H2,1H3,(H,33,38,40)/t23-,30-/m1/s1. The highest BCUT2D eigenvalue weighted by Crippen LogP contribution is 2.53. The molecule has 4 amide bonds. The Hall–Kier alpha value is -4.50. The average molecular weight is 554 g/mol. The molecule has 3 aliphatic rings. The number of pyridine rings is 1. The molecule has 2 atom stereocenters. The zero-order valence-corrected chi connectivity index (χ0v) is 22.3. The zero-order valence-electron chi connectivity index (χ0n) is 21.6. The van der Waals surface area contributed by atoms with E-state index in [-0.39, 0.29) is 24.1 Å². The first kappa shape index (κ1) is 24.5. The van der Waals surface area contributed by atoms with E-state index in [2.05, 4.69) is 5.32 Å². The zero-order chi connectivity index (χ0) is 27.8. The Morgan fingerprint density at radius 3 is 2.62 bits per heavy atom. The van der Waals surface area contributed by atoms with Crippen LogP contribution >= 0.6 is 11.6 Å². The van der Waals surface area contributed by atoms with E-state index in [1.165, 1.54) is 4.40 Å². The van der Waals surface area contributed by atoms with Crippen molar-refractivity contribution >= 4 is 40.9 Å². The van der Waals surface area contributed by atoms with Gasteiger partial charge >= 0.3 is 6.03 Å². The van der Waals surface area contributed by atoms with Crippen molar-refractivity contribution in [2.45, 2.75) is 32.4 Å². The third-order valence-corrected chi connectivity index (χ3v) is 8.75. The van der Waals surface area contributed by atoms with Gasteiger partial charge in [-0.25, -0.2) is 9.78 Å². The SMILES string of the molecule is Cc1cccn2c(=O)c3c(nc12)N1CCc2ccccc2[C@@H]1[C@]1(C3)C(=O)NC(=O)N(Cc2ccccc2Cl)C1=O. The van der Waals surface area contributed by atoms with Gasteiger partial charge in [-0.15, -0.1) is 0 Å². The van der Waals surface area contributed by atoms with Gasteiger partial charge in [-0.1, -0.05) is 60.1 Å². The maximum absolute atomic E-state index is 14.6. The normalized spacial score (nSPS) is 21.8. The van der Waals surface area contributed by atoms with Crippen LogP contribution in [-0.4, -0.2) is 38.7 Å². The molecule has 0 saturated carbocycles. The topological polar surface area (TPSA) is 104 Å². The number of rotatable bonds is 2. The number of hydrogen-bond acceptors (Lipinski definition) is 6. The summed E-state index contributed by atoms with van der Waals surface area (Å²) in [5, 5.41) is 2.85. The Labute approximate surface area is 234 Å². The second-order valence-corrected chi connectivity index (χ2v) is 10.9. The molecule has 40 heavy (non-hydrogen) atoms. The number of nitrogens with one attached hydrogen (secondary N) is 1. The molecule has 10 heteroatoms. The molecular formula is C30H24ClN5O4. The summed E-state index contributed by atoms with van der Waals surface area (Å²) in [7, 11) is 0. The lowest BCUT2D eigenvalue weighted by Gasteiger charge is -2.53. The van der Waals surface area contributed by atoms with Crippen molar-refractivity contribution in [3.8, 4) is 0 Å². The van der Waals surface area contributed by atoms with Crippen molar-refractivity contribution < 1.29 is 14.4 Å². The maximum atomic E-state index is 14.6. The van der Waals surface area contributed by atoms with Crippen molar-refractivity contribution in [2.75, 3.05) is 11.4 Å². The lowest BCUT2D eigenvalue weighted by atomic mass is 9.65. The van der Waals surface area contributed by atoms with Crippen LogP contribution in [0.15, 0.2) is 71.7 Å². The summed E-state index contributed by atoms with van der Waals surface area (Å²) >= 11 is 6.38. The number of carbonyl (C=O) groups excluding carboxylic acids is 3. The summed E-state index contributed by atoms with van der Waals surface area (Å²) < 4.78 is 1.46. The van der Waals surface area contributed by atoms with E-state index in [1.54, 1.807) is 36.5 Å². The highest BCUT2D eigenvalue weighted by Gasteiger charge is 2.64. The van der Waals surface area contributed by atoms with Gasteiger partial charge in [-0.05, 0) is 47.7 Å². The number of halogens is 1. The Morgan fingerprint density at radius 2 is 1.80 bits per heavy atom. The summed E-state index contributed by atoms with van der Waals surface area (Å²) in [6, 6.07) is 16.7. The molecule has 0 bridgehead atoms. The molecule has 1 saturated heterocycles. The number of barbiturate groups is 1. The number of nitrogens with zero attached hydrogens (tertiary/aromatic N) is 4. The molecule has 3 aliphatic heterocycles. The van der Waals surface area contributed by atoms with Crippen LogP contribution in [0.2, 0.25) is 5.02 Å². The first-order chi connectivity index (χ1) is 19.3. The third kappa shape index (κ3) is 3.30. The number of imide groups is 2. The van der Waals surface area contributed by atoms with Crippen LogP contribution in [0.3, 0.4) is 0 Å². The number of carbonyl (C=O) groups is 3. The molecule has 1 fully saturated rings. The Bertz CT molecular complexity index is 1830. The number of fused-ring (bicyclic) bond motifs is 7. The van der Waals surface area contributed by atoms with Gasteiger partial charge in [0.25, 0.3) is 5.56 Å². The second kappa shape index (κ2) is 8.76. The summed E-state index contributed by atoms with van der Waals surface area (Å²) in [5.74, 6) is -0.907. The van der Waals surface area contributed by atoms with Gasteiger partial charge in [0.1, 0.15) is 11.5 Å². The van der Waals surface area contributed by atoms with Crippen LogP contribution in [-0.2, 0) is 29.0 Å². The Morgan fingerprint density at radius 1 is 1.02 bits per heavy atom. The molecule has 9 nitrogen and oxygen atoms in total. The maximum Gasteiger partial charge on any atom is 0.331 e. The quantitative estimate of drug-likeness (QED) is 0.381. The lowest BCUT2D eigenvalue weighted by molar-refractivity contribution is -0.154. The van der Waals surface area contributed by atoms with Crippen molar-refractivity contribution in [1.82, 2.24) is 19.6 Å². The largest absolute Gasteiger partial charge is 0.347 e. The van der Waals surface area contributed by atoms with Crippen LogP contribution in [0.4, 0.5) is 10.6 Å². The van der Waals surface area contributed by atoms with Crippen LogP contribution in [0.5, 0.6) is 0 Å². The van der Waals surface area contributed by atoms with Crippen molar-refractivity contribution in [3.05, 3.63) is 110 Å². The second-order valence-electron chi connectivity index (χ2n) is 10.5. The summed E-state index contributed by atoms with van der Waals surface area (Å²) in [6.45, 7) is 2.22. The van der Waals surface area contributed by atoms with Crippen LogP contribution in [0.1, 0.15) is 33.9 Å². The molecular weight excluding hydrogens is 530 g/mol. The molecule has 0 radical (unpaired) electrons. The summed E-state index contributed by atoms with van der Waals surface area (Å²) in [4.78, 5) is 63.5. The third-order valence-electron chi connectivity index (χ3n) is 8.38. The molecule has 2 aromatic carbocycles. The summed E-state index contributed by atoms with van der Waals surface area (Å²) in [6.07, 6.45) is 2.09. The molecule has 1 spiro atoms. The number of anilines is 1. The predicted molar refractivity (Wildman–Crippen MR) is 148 cm³/mol. The van der Waals surface area contributed by atoms with Crippen molar-refractivity contribution in [2.24, 2.45) is 5.41 Å². The van der Waals surface area contributed by atoms with E-state index in [0.717, 1.165) is 21.6 Å². The number of hydrogen-bond donors (Lipinski definition) is 1. The summed E-state index contributed by atoms with van der Waals surface area (Å²) in [5.41, 5.74) is 1.89. The number of urea groups is 1. The molecule has 0 unspecified atom stereocenters. The van der Waals surface area contributed by atoms with Crippen LogP contribution in [0.25, 0.3) is 5.65 Å². The molecule has 7 rings (SSSR count). The number of aryl methyl sites for hydroxylation is 1. The van der Waals surface area contributed by atoms with Crippen LogP contribution in [0, 0.1) is 12.3 Å². The molecule has 0 aliphatic carbocycles.